The predicted octanol–water partition coefficient (Wildman–Crippen LogP) is 2.18. The molecular weight excluding hydrogens is 240 g/mol. The lowest BCUT2D eigenvalue weighted by molar-refractivity contribution is 0.0953. The van der Waals surface area contributed by atoms with Crippen LogP contribution < -0.4 is 0 Å². The van der Waals surface area contributed by atoms with Gasteiger partial charge in [0.2, 0.25) is 0 Å². The van der Waals surface area contributed by atoms with E-state index in [0.29, 0.717) is 12.6 Å². The Balaban J connectivity index is 0.000000331. The van der Waals surface area contributed by atoms with E-state index >= 15 is 0 Å². The molecule has 1 aliphatic rings. The summed E-state index contributed by atoms with van der Waals surface area (Å²) in [6, 6.07) is 0.457. The van der Waals surface area contributed by atoms with Crippen LogP contribution in [-0.2, 0) is 6.54 Å². The van der Waals surface area contributed by atoms with Crippen molar-refractivity contribution in [3.8, 4) is 0 Å². The number of aryl methyl sites for hydroxylation is 1. The van der Waals surface area contributed by atoms with E-state index in [9.17, 15) is 0 Å². The third-order valence-electron chi connectivity index (χ3n) is 3.29. The van der Waals surface area contributed by atoms with Crippen LogP contribution >= 0.6 is 0 Å². The van der Waals surface area contributed by atoms with Crippen molar-refractivity contribution in [1.29, 1.82) is 0 Å². The van der Waals surface area contributed by atoms with E-state index in [-0.39, 0.29) is 7.43 Å². The molecule has 0 saturated carbocycles. The topological polar surface area (TPSA) is 54.2 Å². The summed E-state index contributed by atoms with van der Waals surface area (Å²) in [6.07, 6.45) is 8.18. The number of likely N-dealkylation sites (N-methyl/N-ethyl adjacent to an activating group) is 1. The van der Waals surface area contributed by atoms with Crippen LogP contribution in [0.5, 0.6) is 0 Å². The maximum absolute atomic E-state index is 8.95. The van der Waals surface area contributed by atoms with Gasteiger partial charge in [0.25, 0.3) is 0 Å². The van der Waals surface area contributed by atoms with E-state index in [0.717, 1.165) is 19.5 Å². The number of hydrogen-bond acceptors (Lipinski definition) is 4. The lowest BCUT2D eigenvalue weighted by Gasteiger charge is -2.33. The van der Waals surface area contributed by atoms with Crippen LogP contribution in [0.2, 0.25) is 0 Å². The molecule has 1 fully saturated rings. The first-order valence-electron chi connectivity index (χ1n) is 6.99. The minimum Gasteiger partial charge on any atom is -0.395 e. The van der Waals surface area contributed by atoms with Crippen LogP contribution in [0.1, 0.15) is 47.0 Å². The Labute approximate surface area is 117 Å². The average molecular weight is 270 g/mol. The van der Waals surface area contributed by atoms with E-state index in [2.05, 4.69) is 28.8 Å². The summed E-state index contributed by atoms with van der Waals surface area (Å²) in [5, 5.41) is 12.9. The Kier molecular flexibility index (Phi) is 10.4. The van der Waals surface area contributed by atoms with Gasteiger partial charge in [-0.3, -0.25) is 9.58 Å². The molecule has 0 spiro atoms. The third-order valence-corrected chi connectivity index (χ3v) is 3.29. The van der Waals surface area contributed by atoms with Gasteiger partial charge in [-0.25, -0.2) is 4.98 Å². The summed E-state index contributed by atoms with van der Waals surface area (Å²) in [5.74, 6) is 0. The number of piperidine rings is 1. The second kappa shape index (κ2) is 10.9. The molecule has 5 nitrogen and oxygen atoms in total. The lowest BCUT2D eigenvalue weighted by atomic mass is 10.0. The van der Waals surface area contributed by atoms with Crippen LogP contribution in [0.4, 0.5) is 0 Å². The Morgan fingerprint density at radius 1 is 1.32 bits per heavy atom. The smallest absolute Gasteiger partial charge is 0.137 e. The van der Waals surface area contributed by atoms with Gasteiger partial charge in [-0.1, -0.05) is 27.7 Å². The van der Waals surface area contributed by atoms with Crippen LogP contribution in [0, 0.1) is 0 Å². The van der Waals surface area contributed by atoms with Crippen LogP contribution in [0.15, 0.2) is 12.7 Å². The van der Waals surface area contributed by atoms with E-state index in [1.165, 1.54) is 25.8 Å². The van der Waals surface area contributed by atoms with Gasteiger partial charge in [0.15, 0.2) is 0 Å². The summed E-state index contributed by atoms with van der Waals surface area (Å²) in [5.41, 5.74) is 0. The van der Waals surface area contributed by atoms with Gasteiger partial charge in [0.1, 0.15) is 12.7 Å². The molecule has 5 heteroatoms. The molecule has 0 aromatic carbocycles. The van der Waals surface area contributed by atoms with E-state index in [4.69, 9.17) is 5.11 Å². The van der Waals surface area contributed by atoms with Crippen molar-refractivity contribution < 1.29 is 5.11 Å². The predicted molar refractivity (Wildman–Crippen MR) is 79.0 cm³/mol. The van der Waals surface area contributed by atoms with Gasteiger partial charge in [-0.2, -0.15) is 5.10 Å². The molecule has 1 atom stereocenters. The number of aliphatic hydroxyl groups excluding tert-OH is 1. The molecule has 1 aliphatic heterocycles. The number of aliphatic hydroxyl groups is 1. The van der Waals surface area contributed by atoms with Crippen LogP contribution in [-0.4, -0.2) is 50.5 Å². The Morgan fingerprint density at radius 3 is 2.58 bits per heavy atom. The van der Waals surface area contributed by atoms with Crippen molar-refractivity contribution in [3.05, 3.63) is 12.7 Å². The highest BCUT2D eigenvalue weighted by Crippen LogP contribution is 2.15. The molecule has 112 valence electrons. The lowest BCUT2D eigenvalue weighted by Crippen LogP contribution is -2.41. The van der Waals surface area contributed by atoms with E-state index < -0.39 is 0 Å². The number of likely N-dealkylation sites (tertiary alicyclic amines) is 1. The first-order valence-corrected chi connectivity index (χ1v) is 6.99. The standard InChI is InChI=1S/C8H17NO.C5H9N3.CH4/c1-2-9-6-4-3-5-8(9)7-10;1-2-3-8-5-6-4-7-8;/h8,10H,2-7H2,1H3;4-5H,2-3H2,1H3;1H4. The maximum atomic E-state index is 8.95. The quantitative estimate of drug-likeness (QED) is 0.911. The Morgan fingerprint density at radius 2 is 2.11 bits per heavy atom. The molecule has 2 heterocycles. The fourth-order valence-electron chi connectivity index (χ4n) is 2.26. The summed E-state index contributed by atoms with van der Waals surface area (Å²) >= 11 is 0. The average Bonchev–Trinajstić information content (AvgIpc) is 2.93. The Hall–Kier alpha value is -0.940. The zero-order chi connectivity index (χ0) is 13.2. The highest BCUT2D eigenvalue weighted by molar-refractivity contribution is 4.74. The molecule has 1 N–H and O–H groups in total. The number of hydrogen-bond donors (Lipinski definition) is 1. The summed E-state index contributed by atoms with van der Waals surface area (Å²) in [4.78, 5) is 6.16. The van der Waals surface area contributed by atoms with Gasteiger partial charge in [-0.15, -0.1) is 0 Å². The number of rotatable bonds is 4. The highest BCUT2D eigenvalue weighted by Gasteiger charge is 2.18. The molecule has 0 amide bonds. The summed E-state index contributed by atoms with van der Waals surface area (Å²) < 4.78 is 1.82. The van der Waals surface area contributed by atoms with Crippen molar-refractivity contribution in [2.24, 2.45) is 0 Å². The third kappa shape index (κ3) is 6.68. The summed E-state index contributed by atoms with van der Waals surface area (Å²) in [6.45, 7) is 7.86. The number of aromatic nitrogens is 3. The maximum Gasteiger partial charge on any atom is 0.137 e. The minimum atomic E-state index is 0. The van der Waals surface area contributed by atoms with Crippen molar-refractivity contribution >= 4 is 0 Å². The first kappa shape index (κ1) is 18.1. The zero-order valence-corrected chi connectivity index (χ0v) is 11.6. The molecular formula is C14H30N4O. The van der Waals surface area contributed by atoms with Crippen molar-refractivity contribution in [1.82, 2.24) is 19.7 Å². The molecule has 2 rings (SSSR count). The van der Waals surface area contributed by atoms with E-state index in [1.54, 1.807) is 12.7 Å². The second-order valence-electron chi connectivity index (χ2n) is 4.62. The van der Waals surface area contributed by atoms with Crippen molar-refractivity contribution in [3.63, 3.8) is 0 Å². The minimum absolute atomic E-state index is 0. The van der Waals surface area contributed by atoms with Gasteiger partial charge < -0.3 is 5.11 Å². The molecule has 1 unspecified atom stereocenters. The molecule has 1 saturated heterocycles. The van der Waals surface area contributed by atoms with E-state index in [1.807, 2.05) is 4.68 Å². The largest absolute Gasteiger partial charge is 0.395 e. The fraction of sp³-hybridized carbons (Fsp3) is 0.857. The van der Waals surface area contributed by atoms with Gasteiger partial charge >= 0.3 is 0 Å². The Bertz CT molecular complexity index is 278. The monoisotopic (exact) mass is 270 g/mol. The van der Waals surface area contributed by atoms with Crippen LogP contribution in [0.3, 0.4) is 0 Å². The molecule has 0 aliphatic carbocycles. The van der Waals surface area contributed by atoms with Gasteiger partial charge in [0, 0.05) is 12.6 Å². The van der Waals surface area contributed by atoms with Gasteiger partial charge in [0.05, 0.1) is 6.61 Å². The molecule has 19 heavy (non-hydrogen) atoms. The SMILES string of the molecule is C.CCCn1cncn1.CCN1CCCCC1CO. The first-order chi connectivity index (χ1) is 8.81. The zero-order valence-electron chi connectivity index (χ0n) is 11.6. The fourth-order valence-corrected chi connectivity index (χ4v) is 2.26. The number of nitrogens with zero attached hydrogens (tertiary/aromatic N) is 4. The van der Waals surface area contributed by atoms with Gasteiger partial charge in [-0.05, 0) is 32.4 Å². The molecule has 1 aromatic heterocycles. The molecule has 1 aromatic rings. The molecule has 0 radical (unpaired) electrons. The van der Waals surface area contributed by atoms with Crippen molar-refractivity contribution in [2.45, 2.75) is 59.5 Å². The summed E-state index contributed by atoms with van der Waals surface area (Å²) in [7, 11) is 0. The second-order valence-corrected chi connectivity index (χ2v) is 4.62. The molecule has 0 bridgehead atoms. The van der Waals surface area contributed by atoms with Crippen LogP contribution in [0.25, 0.3) is 0 Å². The van der Waals surface area contributed by atoms with Crippen molar-refractivity contribution in [2.75, 3.05) is 19.7 Å². The highest BCUT2D eigenvalue weighted by atomic mass is 16.3. The normalized spacial score (nSPS) is 19.2.